The first kappa shape index (κ1) is 17.0. The average molecular weight is 346 g/mol. The summed E-state index contributed by atoms with van der Waals surface area (Å²) in [5.41, 5.74) is 0.896. The number of thioether (sulfide) groups is 1. The van der Waals surface area contributed by atoms with Crippen LogP contribution in [0.25, 0.3) is 0 Å². The molecule has 0 radical (unpaired) electrons. The molecule has 1 aromatic carbocycles. The lowest BCUT2D eigenvalue weighted by atomic mass is 10.1. The van der Waals surface area contributed by atoms with Gasteiger partial charge in [0.2, 0.25) is 5.91 Å². The largest absolute Gasteiger partial charge is 0.349 e. The predicted molar refractivity (Wildman–Crippen MR) is 92.3 cm³/mol. The molecule has 0 saturated heterocycles. The second kappa shape index (κ2) is 7.75. The quantitative estimate of drug-likeness (QED) is 0.790. The molecular weight excluding hydrogens is 325 g/mol. The molecule has 0 spiro atoms. The summed E-state index contributed by atoms with van der Waals surface area (Å²) < 4.78 is 0. The first-order valence-electron chi connectivity index (χ1n) is 7.38. The Hall–Kier alpha value is -0.380. The Bertz CT molecular complexity index is 503. The molecule has 21 heavy (non-hydrogen) atoms. The molecule has 1 N–H and O–H groups in total. The van der Waals surface area contributed by atoms with Crippen LogP contribution >= 0.6 is 35.0 Å². The minimum atomic E-state index is -0.117. The summed E-state index contributed by atoms with van der Waals surface area (Å²) in [4.78, 5) is 12.3. The minimum absolute atomic E-state index is 0.0263. The van der Waals surface area contributed by atoms with Crippen LogP contribution in [-0.2, 0) is 4.79 Å². The van der Waals surface area contributed by atoms with Crippen LogP contribution in [0.3, 0.4) is 0 Å². The highest BCUT2D eigenvalue weighted by Gasteiger charge is 2.23. The fourth-order valence-corrected chi connectivity index (χ4v) is 4.58. The summed E-state index contributed by atoms with van der Waals surface area (Å²) in [5, 5.41) is 4.85. The second-order valence-electron chi connectivity index (χ2n) is 5.58. The molecule has 116 valence electrons. The van der Waals surface area contributed by atoms with Gasteiger partial charge in [0.1, 0.15) is 0 Å². The number of carbonyl (C=O) groups is 1. The number of amides is 1. The van der Waals surface area contributed by atoms with E-state index < -0.39 is 0 Å². The van der Waals surface area contributed by atoms with Gasteiger partial charge < -0.3 is 5.32 Å². The van der Waals surface area contributed by atoms with Gasteiger partial charge in [-0.1, -0.05) is 42.1 Å². The summed E-state index contributed by atoms with van der Waals surface area (Å²) in [5.74, 6) is 0.0745. The molecular formula is C16H21Cl2NOS. The van der Waals surface area contributed by atoms with Crippen molar-refractivity contribution in [2.75, 3.05) is 0 Å². The van der Waals surface area contributed by atoms with Crippen LogP contribution in [0, 0.1) is 0 Å². The lowest BCUT2D eigenvalue weighted by molar-refractivity contribution is -0.120. The predicted octanol–water partition coefficient (Wildman–Crippen LogP) is 5.23. The molecule has 5 heteroatoms. The third kappa shape index (κ3) is 4.80. The molecule has 0 heterocycles. The summed E-state index contributed by atoms with van der Waals surface area (Å²) in [7, 11) is 0. The Morgan fingerprint density at radius 2 is 1.95 bits per heavy atom. The van der Waals surface area contributed by atoms with Gasteiger partial charge in [0.15, 0.2) is 0 Å². The van der Waals surface area contributed by atoms with Crippen molar-refractivity contribution >= 4 is 40.9 Å². The topological polar surface area (TPSA) is 29.1 Å². The van der Waals surface area contributed by atoms with E-state index in [4.69, 9.17) is 23.2 Å². The Morgan fingerprint density at radius 1 is 1.29 bits per heavy atom. The molecule has 1 aliphatic carbocycles. The highest BCUT2D eigenvalue weighted by atomic mass is 35.5. The van der Waals surface area contributed by atoms with E-state index in [2.05, 4.69) is 5.32 Å². The maximum absolute atomic E-state index is 12.3. The molecule has 0 bridgehead atoms. The number of rotatable bonds is 5. The van der Waals surface area contributed by atoms with E-state index in [-0.39, 0.29) is 17.2 Å². The molecule has 2 rings (SSSR count). The van der Waals surface area contributed by atoms with Gasteiger partial charge >= 0.3 is 0 Å². The first-order valence-corrected chi connectivity index (χ1v) is 9.08. The average Bonchev–Trinajstić information content (AvgIpc) is 2.91. The van der Waals surface area contributed by atoms with Gasteiger partial charge in [-0.25, -0.2) is 0 Å². The maximum atomic E-state index is 12.3. The van der Waals surface area contributed by atoms with Crippen molar-refractivity contribution in [2.45, 2.75) is 56.1 Å². The van der Waals surface area contributed by atoms with Crippen molar-refractivity contribution in [1.82, 2.24) is 5.32 Å². The summed E-state index contributed by atoms with van der Waals surface area (Å²) in [6.07, 6.45) is 5.06. The van der Waals surface area contributed by atoms with E-state index in [9.17, 15) is 4.79 Å². The third-order valence-corrected chi connectivity index (χ3v) is 5.90. The van der Waals surface area contributed by atoms with Crippen LogP contribution in [0.15, 0.2) is 18.2 Å². The highest BCUT2D eigenvalue weighted by Crippen LogP contribution is 2.32. The fourth-order valence-electron chi connectivity index (χ4n) is 2.64. The number of hydrogen-bond acceptors (Lipinski definition) is 2. The van der Waals surface area contributed by atoms with Crippen molar-refractivity contribution < 1.29 is 4.79 Å². The number of carbonyl (C=O) groups excluding carboxylic acids is 1. The van der Waals surface area contributed by atoms with Crippen molar-refractivity contribution in [2.24, 2.45) is 0 Å². The Morgan fingerprint density at radius 3 is 2.57 bits per heavy atom. The van der Waals surface area contributed by atoms with Crippen LogP contribution < -0.4 is 5.32 Å². The van der Waals surface area contributed by atoms with Gasteiger partial charge in [-0.3, -0.25) is 4.79 Å². The first-order chi connectivity index (χ1) is 9.97. The van der Waals surface area contributed by atoms with E-state index in [1.807, 2.05) is 19.9 Å². The molecule has 1 aromatic rings. The minimum Gasteiger partial charge on any atom is -0.349 e. The van der Waals surface area contributed by atoms with Crippen molar-refractivity contribution in [1.29, 1.82) is 0 Å². The van der Waals surface area contributed by atoms with E-state index in [0.717, 1.165) is 5.56 Å². The van der Waals surface area contributed by atoms with Gasteiger partial charge in [-0.05, 0) is 44.4 Å². The summed E-state index contributed by atoms with van der Waals surface area (Å²) in [6, 6.07) is 5.25. The normalized spacial score (nSPS) is 18.5. The Balaban J connectivity index is 1.91. The van der Waals surface area contributed by atoms with Gasteiger partial charge in [0, 0.05) is 15.3 Å². The van der Waals surface area contributed by atoms with Crippen LogP contribution in [0.1, 0.15) is 51.1 Å². The molecule has 2 nitrogen and oxygen atoms in total. The van der Waals surface area contributed by atoms with Gasteiger partial charge in [0.25, 0.3) is 0 Å². The maximum Gasteiger partial charge on any atom is 0.233 e. The second-order valence-corrected chi connectivity index (χ2v) is 8.07. The van der Waals surface area contributed by atoms with E-state index in [1.54, 1.807) is 23.9 Å². The van der Waals surface area contributed by atoms with Crippen LogP contribution in [0.4, 0.5) is 0 Å². The number of nitrogens with one attached hydrogen (secondary N) is 1. The highest BCUT2D eigenvalue weighted by molar-refractivity contribution is 8.01. The fraction of sp³-hybridized carbons (Fsp3) is 0.562. The van der Waals surface area contributed by atoms with Gasteiger partial charge in [-0.2, -0.15) is 0 Å². The van der Waals surface area contributed by atoms with Crippen molar-refractivity contribution in [3.63, 3.8) is 0 Å². The van der Waals surface area contributed by atoms with Crippen molar-refractivity contribution in [3.8, 4) is 0 Å². The molecule has 2 atom stereocenters. The smallest absolute Gasteiger partial charge is 0.233 e. The number of hydrogen-bond donors (Lipinski definition) is 1. The van der Waals surface area contributed by atoms with Crippen LogP contribution in [0.5, 0.6) is 0 Å². The van der Waals surface area contributed by atoms with Crippen LogP contribution in [-0.4, -0.2) is 16.4 Å². The molecule has 0 aromatic heterocycles. The molecule has 1 saturated carbocycles. The van der Waals surface area contributed by atoms with E-state index in [0.29, 0.717) is 15.3 Å². The van der Waals surface area contributed by atoms with Crippen LogP contribution in [0.2, 0.25) is 10.0 Å². The lowest BCUT2D eigenvalue weighted by Gasteiger charge is -2.20. The SMILES string of the molecule is C[C@@H](SC1CCCC1)C(=O)N[C@H](C)c1ccc(Cl)cc1Cl. The molecule has 1 fully saturated rings. The Labute approximate surface area is 141 Å². The lowest BCUT2D eigenvalue weighted by Crippen LogP contribution is -2.34. The van der Waals surface area contributed by atoms with E-state index >= 15 is 0 Å². The third-order valence-electron chi connectivity index (χ3n) is 3.86. The van der Waals surface area contributed by atoms with E-state index in [1.165, 1.54) is 25.7 Å². The standard InChI is InChI=1S/C16H21Cl2NOS/c1-10(14-8-7-12(17)9-15(14)18)19-16(20)11(2)21-13-5-3-4-6-13/h7-11,13H,3-6H2,1-2H3,(H,19,20)/t10-,11-/m1/s1. The zero-order chi connectivity index (χ0) is 15.4. The van der Waals surface area contributed by atoms with Crippen molar-refractivity contribution in [3.05, 3.63) is 33.8 Å². The van der Waals surface area contributed by atoms with Gasteiger partial charge in [0.05, 0.1) is 11.3 Å². The monoisotopic (exact) mass is 345 g/mol. The Kier molecular flexibility index (Phi) is 6.27. The number of benzene rings is 1. The molecule has 1 aliphatic rings. The zero-order valence-electron chi connectivity index (χ0n) is 12.4. The summed E-state index contributed by atoms with van der Waals surface area (Å²) in [6.45, 7) is 3.93. The molecule has 0 aliphatic heterocycles. The van der Waals surface area contributed by atoms with Gasteiger partial charge in [-0.15, -0.1) is 11.8 Å². The zero-order valence-corrected chi connectivity index (χ0v) is 14.7. The molecule has 1 amide bonds. The molecule has 0 unspecified atom stereocenters. The number of halogens is 2. The summed E-state index contributed by atoms with van der Waals surface area (Å²) >= 11 is 13.9.